The minimum absolute atomic E-state index is 0.139. The number of amides is 2. The van der Waals surface area contributed by atoms with Gasteiger partial charge >= 0.3 is 6.03 Å². The molecule has 1 aromatic rings. The van der Waals surface area contributed by atoms with E-state index in [-0.39, 0.29) is 6.03 Å². The van der Waals surface area contributed by atoms with Crippen molar-refractivity contribution in [2.75, 3.05) is 11.9 Å². The average Bonchev–Trinajstić information content (AvgIpc) is 2.26. The molecule has 0 aliphatic carbocycles. The van der Waals surface area contributed by atoms with Gasteiger partial charge in [-0.1, -0.05) is 29.3 Å². The van der Waals surface area contributed by atoms with E-state index in [1.807, 2.05) is 26.0 Å². The second kappa shape index (κ2) is 6.64. The summed E-state index contributed by atoms with van der Waals surface area (Å²) in [6.07, 6.45) is 2.09. The monoisotopic (exact) mass is 298 g/mol. The number of aryl methyl sites for hydroxylation is 2. The Hall–Kier alpha value is -1.03. The number of nitrogens with one attached hydrogen (secondary N) is 2. The number of carbonyl (C=O) groups excluding carboxylic acids is 1. The predicted molar refractivity (Wildman–Crippen MR) is 75.5 cm³/mol. The van der Waals surface area contributed by atoms with Crippen molar-refractivity contribution in [1.82, 2.24) is 5.32 Å². The van der Waals surface area contributed by atoms with Gasteiger partial charge < -0.3 is 10.6 Å². The summed E-state index contributed by atoms with van der Waals surface area (Å²) in [7, 11) is 0. The second-order valence-corrected chi connectivity index (χ2v) is 4.95. The van der Waals surface area contributed by atoms with Crippen molar-refractivity contribution in [3.8, 4) is 0 Å². The first-order chi connectivity index (χ1) is 8.04. The van der Waals surface area contributed by atoms with Crippen molar-refractivity contribution in [2.24, 2.45) is 0 Å². The standard InChI is InChI=1S/C13H19BrN2O/c1-4-5-6-15-13(17)16-11-7-9(2)12(14)10(3)8-11/h7-8H,4-6H2,1-3H3,(H2,15,16,17). The maximum absolute atomic E-state index is 11.6. The fourth-order valence-electron chi connectivity index (χ4n) is 1.57. The largest absolute Gasteiger partial charge is 0.338 e. The van der Waals surface area contributed by atoms with Gasteiger partial charge in [0.2, 0.25) is 0 Å². The van der Waals surface area contributed by atoms with Crippen LogP contribution in [0.1, 0.15) is 30.9 Å². The lowest BCUT2D eigenvalue weighted by atomic mass is 10.1. The van der Waals surface area contributed by atoms with Gasteiger partial charge in [-0.05, 0) is 43.5 Å². The lowest BCUT2D eigenvalue weighted by molar-refractivity contribution is 0.252. The molecule has 17 heavy (non-hydrogen) atoms. The number of benzene rings is 1. The van der Waals surface area contributed by atoms with Crippen molar-refractivity contribution in [3.05, 3.63) is 27.7 Å². The molecular formula is C13H19BrN2O. The zero-order valence-electron chi connectivity index (χ0n) is 10.6. The molecule has 0 saturated heterocycles. The third-order valence-corrected chi connectivity index (χ3v) is 3.76. The number of halogens is 1. The summed E-state index contributed by atoms with van der Waals surface area (Å²) in [6, 6.07) is 3.77. The predicted octanol–water partition coefficient (Wildman–Crippen LogP) is 3.99. The van der Waals surface area contributed by atoms with Crippen LogP contribution < -0.4 is 10.6 Å². The van der Waals surface area contributed by atoms with Crippen LogP contribution in [0.4, 0.5) is 10.5 Å². The Morgan fingerprint density at radius 3 is 2.41 bits per heavy atom. The van der Waals surface area contributed by atoms with E-state index in [4.69, 9.17) is 0 Å². The second-order valence-electron chi connectivity index (χ2n) is 4.16. The summed E-state index contributed by atoms with van der Waals surface area (Å²) in [5, 5.41) is 5.66. The molecule has 0 radical (unpaired) electrons. The van der Waals surface area contributed by atoms with Gasteiger partial charge in [0.05, 0.1) is 0 Å². The van der Waals surface area contributed by atoms with E-state index in [9.17, 15) is 4.79 Å². The molecule has 0 heterocycles. The van der Waals surface area contributed by atoms with Crippen LogP contribution in [0.2, 0.25) is 0 Å². The highest BCUT2D eigenvalue weighted by molar-refractivity contribution is 9.10. The SMILES string of the molecule is CCCCNC(=O)Nc1cc(C)c(Br)c(C)c1. The average molecular weight is 299 g/mol. The minimum atomic E-state index is -0.139. The molecule has 0 aliphatic heterocycles. The molecule has 0 saturated carbocycles. The highest BCUT2D eigenvalue weighted by Gasteiger charge is 2.05. The van der Waals surface area contributed by atoms with E-state index < -0.39 is 0 Å². The van der Waals surface area contributed by atoms with Crippen LogP contribution in [-0.2, 0) is 0 Å². The lowest BCUT2D eigenvalue weighted by Gasteiger charge is -2.10. The van der Waals surface area contributed by atoms with Crippen molar-refractivity contribution >= 4 is 27.6 Å². The zero-order chi connectivity index (χ0) is 12.8. The fourth-order valence-corrected chi connectivity index (χ4v) is 1.80. The molecule has 3 nitrogen and oxygen atoms in total. The molecule has 0 unspecified atom stereocenters. The molecule has 1 aromatic carbocycles. The van der Waals surface area contributed by atoms with Crippen LogP contribution in [0.5, 0.6) is 0 Å². The smallest absolute Gasteiger partial charge is 0.319 e. The third kappa shape index (κ3) is 4.38. The maximum Gasteiger partial charge on any atom is 0.319 e. The quantitative estimate of drug-likeness (QED) is 0.811. The summed E-state index contributed by atoms with van der Waals surface area (Å²) in [5.74, 6) is 0. The number of hydrogen-bond donors (Lipinski definition) is 2. The van der Waals surface area contributed by atoms with Crippen LogP contribution in [0.25, 0.3) is 0 Å². The number of anilines is 1. The molecule has 0 bridgehead atoms. The Labute approximate surface area is 111 Å². The Morgan fingerprint density at radius 2 is 1.88 bits per heavy atom. The van der Waals surface area contributed by atoms with Crippen LogP contribution in [0, 0.1) is 13.8 Å². The number of hydrogen-bond acceptors (Lipinski definition) is 1. The van der Waals surface area contributed by atoms with E-state index in [0.29, 0.717) is 0 Å². The molecule has 0 atom stereocenters. The van der Waals surface area contributed by atoms with Crippen LogP contribution >= 0.6 is 15.9 Å². The Morgan fingerprint density at radius 1 is 1.29 bits per heavy atom. The normalized spacial score (nSPS) is 10.1. The number of carbonyl (C=O) groups is 1. The summed E-state index contributed by atoms with van der Waals surface area (Å²) >= 11 is 3.50. The third-order valence-electron chi connectivity index (χ3n) is 2.51. The van der Waals surface area contributed by atoms with Crippen molar-refractivity contribution in [3.63, 3.8) is 0 Å². The van der Waals surface area contributed by atoms with E-state index >= 15 is 0 Å². The van der Waals surface area contributed by atoms with E-state index in [0.717, 1.165) is 40.7 Å². The van der Waals surface area contributed by atoms with Crippen molar-refractivity contribution < 1.29 is 4.79 Å². The van der Waals surface area contributed by atoms with Crippen LogP contribution in [0.15, 0.2) is 16.6 Å². The highest BCUT2D eigenvalue weighted by Crippen LogP contribution is 2.24. The first-order valence-corrected chi connectivity index (χ1v) is 6.65. The van der Waals surface area contributed by atoms with E-state index in [1.165, 1.54) is 0 Å². The van der Waals surface area contributed by atoms with Gasteiger partial charge in [-0.25, -0.2) is 4.79 Å². The molecule has 2 N–H and O–H groups in total. The number of unbranched alkanes of at least 4 members (excludes halogenated alkanes) is 1. The summed E-state index contributed by atoms with van der Waals surface area (Å²) in [6.45, 7) is 6.84. The van der Waals surface area contributed by atoms with Gasteiger partial charge in [0, 0.05) is 16.7 Å². The molecule has 0 fully saturated rings. The van der Waals surface area contributed by atoms with E-state index in [1.54, 1.807) is 0 Å². The Bertz CT molecular complexity index is 381. The molecule has 94 valence electrons. The summed E-state index contributed by atoms with van der Waals surface area (Å²) < 4.78 is 1.09. The van der Waals surface area contributed by atoms with Gasteiger partial charge in [-0.15, -0.1) is 0 Å². The molecule has 2 amide bonds. The van der Waals surface area contributed by atoms with Gasteiger partial charge in [0.25, 0.3) is 0 Å². The minimum Gasteiger partial charge on any atom is -0.338 e. The first-order valence-electron chi connectivity index (χ1n) is 5.86. The maximum atomic E-state index is 11.6. The number of urea groups is 1. The van der Waals surface area contributed by atoms with Gasteiger partial charge in [-0.2, -0.15) is 0 Å². The molecule has 1 rings (SSSR count). The van der Waals surface area contributed by atoms with Gasteiger partial charge in [-0.3, -0.25) is 0 Å². The number of rotatable bonds is 4. The van der Waals surface area contributed by atoms with E-state index in [2.05, 4.69) is 33.5 Å². The molecule has 0 spiro atoms. The fraction of sp³-hybridized carbons (Fsp3) is 0.462. The van der Waals surface area contributed by atoms with Crippen LogP contribution in [-0.4, -0.2) is 12.6 Å². The van der Waals surface area contributed by atoms with Crippen molar-refractivity contribution in [2.45, 2.75) is 33.6 Å². The zero-order valence-corrected chi connectivity index (χ0v) is 12.1. The van der Waals surface area contributed by atoms with Gasteiger partial charge in [0.15, 0.2) is 0 Å². The highest BCUT2D eigenvalue weighted by atomic mass is 79.9. The first kappa shape index (κ1) is 14.0. The Balaban J connectivity index is 2.60. The molecular weight excluding hydrogens is 280 g/mol. The molecule has 4 heteroatoms. The summed E-state index contributed by atoms with van der Waals surface area (Å²) in [5.41, 5.74) is 3.07. The molecule has 0 aromatic heterocycles. The molecule has 0 aliphatic rings. The van der Waals surface area contributed by atoms with Crippen molar-refractivity contribution in [1.29, 1.82) is 0 Å². The topological polar surface area (TPSA) is 41.1 Å². The Kier molecular flexibility index (Phi) is 5.48. The van der Waals surface area contributed by atoms with Crippen LogP contribution in [0.3, 0.4) is 0 Å². The summed E-state index contributed by atoms with van der Waals surface area (Å²) in [4.78, 5) is 11.6. The lowest BCUT2D eigenvalue weighted by Crippen LogP contribution is -2.29. The van der Waals surface area contributed by atoms with Gasteiger partial charge in [0.1, 0.15) is 0 Å².